The first-order valence-electron chi connectivity index (χ1n) is 8.55. The third-order valence-corrected chi connectivity index (χ3v) is 6.76. The molecule has 0 bridgehead atoms. The van der Waals surface area contributed by atoms with E-state index in [-0.39, 0.29) is 15.8 Å². The quantitative estimate of drug-likeness (QED) is 0.355. The summed E-state index contributed by atoms with van der Waals surface area (Å²) in [5, 5.41) is 11.7. The molecule has 0 saturated carbocycles. The maximum Gasteiger partial charge on any atom is 0.263 e. The number of halogens is 1. The predicted molar refractivity (Wildman–Crippen MR) is 118 cm³/mol. The number of carbonyl (C=O) groups is 1. The lowest BCUT2D eigenvalue weighted by Gasteiger charge is -2.06. The molecule has 2 N–H and O–H groups in total. The van der Waals surface area contributed by atoms with E-state index < -0.39 is 10.0 Å². The van der Waals surface area contributed by atoms with E-state index in [9.17, 15) is 13.2 Å². The van der Waals surface area contributed by atoms with Gasteiger partial charge in [0.15, 0.2) is 5.78 Å². The van der Waals surface area contributed by atoms with E-state index in [4.69, 9.17) is 0 Å². The Morgan fingerprint density at radius 1 is 1.10 bits per heavy atom. The summed E-state index contributed by atoms with van der Waals surface area (Å²) >= 11 is 4.53. The van der Waals surface area contributed by atoms with Gasteiger partial charge < -0.3 is 5.32 Å². The van der Waals surface area contributed by atoms with Crippen LogP contribution in [0.4, 0.5) is 10.8 Å². The van der Waals surface area contributed by atoms with Gasteiger partial charge in [-0.2, -0.15) is 0 Å². The number of anilines is 2. The molecule has 1 aromatic heterocycles. The van der Waals surface area contributed by atoms with Crippen LogP contribution in [0, 0.1) is 0 Å². The Labute approximate surface area is 181 Å². The van der Waals surface area contributed by atoms with Crippen molar-refractivity contribution in [1.29, 1.82) is 0 Å². The van der Waals surface area contributed by atoms with Gasteiger partial charge in [0.2, 0.25) is 5.13 Å². The summed E-state index contributed by atoms with van der Waals surface area (Å²) in [4.78, 5) is 12.2. The Bertz CT molecular complexity index is 1130. The first kappa shape index (κ1) is 21.2. The van der Waals surface area contributed by atoms with Crippen molar-refractivity contribution in [3.8, 4) is 0 Å². The highest BCUT2D eigenvalue weighted by molar-refractivity contribution is 9.10. The normalized spacial score (nSPS) is 11.5. The number of sulfonamides is 1. The van der Waals surface area contributed by atoms with Gasteiger partial charge in [0.25, 0.3) is 10.0 Å². The van der Waals surface area contributed by atoms with E-state index in [1.54, 1.807) is 36.4 Å². The molecule has 0 radical (unpaired) electrons. The number of aryl methyl sites for hydroxylation is 1. The second-order valence-corrected chi connectivity index (χ2v) is 9.49. The van der Waals surface area contributed by atoms with E-state index in [2.05, 4.69) is 36.2 Å². The molecule has 29 heavy (non-hydrogen) atoms. The zero-order valence-corrected chi connectivity index (χ0v) is 18.5. The molecule has 2 aromatic carbocycles. The van der Waals surface area contributed by atoms with Gasteiger partial charge in [0.1, 0.15) is 5.01 Å². The second-order valence-electron chi connectivity index (χ2n) is 5.83. The molecule has 0 fully saturated rings. The van der Waals surface area contributed by atoms with E-state index in [0.717, 1.165) is 9.48 Å². The number of rotatable bonds is 8. The first-order valence-corrected chi connectivity index (χ1v) is 11.6. The van der Waals surface area contributed by atoms with Gasteiger partial charge in [-0.1, -0.05) is 34.2 Å². The minimum atomic E-state index is -3.74. The molecule has 1 heterocycles. The number of ketones is 1. The third kappa shape index (κ3) is 5.72. The molecule has 0 atom stereocenters. The highest BCUT2D eigenvalue weighted by atomic mass is 79.9. The van der Waals surface area contributed by atoms with Gasteiger partial charge in [-0.05, 0) is 55.0 Å². The van der Waals surface area contributed by atoms with Crippen molar-refractivity contribution in [3.63, 3.8) is 0 Å². The molecule has 0 saturated heterocycles. The van der Waals surface area contributed by atoms with Gasteiger partial charge in [0.05, 0.1) is 4.90 Å². The van der Waals surface area contributed by atoms with Crippen molar-refractivity contribution >= 4 is 53.9 Å². The average molecular weight is 493 g/mol. The molecule has 150 valence electrons. The molecule has 7 nitrogen and oxygen atoms in total. The van der Waals surface area contributed by atoms with Crippen LogP contribution in [0.1, 0.15) is 22.3 Å². The molecule has 0 aliphatic rings. The van der Waals surface area contributed by atoms with Crippen LogP contribution in [-0.2, 0) is 16.4 Å². The summed E-state index contributed by atoms with van der Waals surface area (Å²) < 4.78 is 28.2. The molecule has 0 aliphatic carbocycles. The smallest absolute Gasteiger partial charge is 0.263 e. The molecule has 3 aromatic rings. The van der Waals surface area contributed by atoms with Crippen LogP contribution in [0.3, 0.4) is 0 Å². The fourth-order valence-electron chi connectivity index (χ4n) is 2.27. The van der Waals surface area contributed by atoms with E-state index >= 15 is 0 Å². The SMILES string of the molecule is CCc1nnc(NS(=O)(=O)c2ccc(N/C=C\C(=O)c3ccc(Br)cc3)cc2)s1. The van der Waals surface area contributed by atoms with Crippen molar-refractivity contribution < 1.29 is 13.2 Å². The van der Waals surface area contributed by atoms with Crippen molar-refractivity contribution in [2.75, 3.05) is 10.0 Å². The summed E-state index contributed by atoms with van der Waals surface area (Å²) in [5.74, 6) is -0.142. The minimum absolute atomic E-state index is 0.103. The summed E-state index contributed by atoms with van der Waals surface area (Å²) in [5.41, 5.74) is 1.22. The van der Waals surface area contributed by atoms with Crippen molar-refractivity contribution in [2.24, 2.45) is 0 Å². The number of hydrogen-bond donors (Lipinski definition) is 2. The van der Waals surface area contributed by atoms with Crippen LogP contribution >= 0.6 is 27.3 Å². The fraction of sp³-hybridized carbons (Fsp3) is 0.105. The monoisotopic (exact) mass is 492 g/mol. The van der Waals surface area contributed by atoms with Crippen molar-refractivity contribution in [1.82, 2.24) is 10.2 Å². The van der Waals surface area contributed by atoms with Gasteiger partial charge >= 0.3 is 0 Å². The Hall–Kier alpha value is -2.56. The molecule has 3 rings (SSSR count). The third-order valence-electron chi connectivity index (χ3n) is 3.77. The zero-order valence-electron chi connectivity index (χ0n) is 15.3. The molecule has 10 heteroatoms. The van der Waals surface area contributed by atoms with Crippen LogP contribution in [0.2, 0.25) is 0 Å². The van der Waals surface area contributed by atoms with Crippen LogP contribution in [0.15, 0.2) is 70.2 Å². The Balaban J connectivity index is 1.61. The van der Waals surface area contributed by atoms with Gasteiger partial charge in [-0.15, -0.1) is 10.2 Å². The highest BCUT2D eigenvalue weighted by Gasteiger charge is 2.16. The number of benzene rings is 2. The first-order chi connectivity index (χ1) is 13.9. The second kappa shape index (κ2) is 9.29. The topological polar surface area (TPSA) is 101 Å². The molecule has 0 aliphatic heterocycles. The Morgan fingerprint density at radius 3 is 2.41 bits per heavy atom. The van der Waals surface area contributed by atoms with E-state index in [0.29, 0.717) is 17.7 Å². The number of allylic oxidation sites excluding steroid dienone is 1. The van der Waals surface area contributed by atoms with Crippen LogP contribution in [0.5, 0.6) is 0 Å². The lowest BCUT2D eigenvalue weighted by molar-refractivity contribution is 0.104. The van der Waals surface area contributed by atoms with Crippen molar-refractivity contribution in [3.05, 3.63) is 75.9 Å². The number of aromatic nitrogens is 2. The summed E-state index contributed by atoms with van der Waals surface area (Å²) in [6.45, 7) is 1.92. The molecular weight excluding hydrogens is 476 g/mol. The molecule has 0 amide bonds. The van der Waals surface area contributed by atoms with Crippen molar-refractivity contribution in [2.45, 2.75) is 18.2 Å². The van der Waals surface area contributed by atoms with Gasteiger partial charge in [-0.25, -0.2) is 8.42 Å². The Kier molecular flexibility index (Phi) is 6.78. The van der Waals surface area contributed by atoms with Crippen LogP contribution in [-0.4, -0.2) is 24.4 Å². The average Bonchev–Trinajstić information content (AvgIpc) is 3.15. The number of nitrogens with one attached hydrogen (secondary N) is 2. The molecule has 0 spiro atoms. The van der Waals surface area contributed by atoms with E-state index in [1.165, 1.54) is 35.7 Å². The zero-order chi connectivity index (χ0) is 20.9. The van der Waals surface area contributed by atoms with E-state index in [1.807, 2.05) is 6.92 Å². The maximum atomic E-state index is 12.4. The molecular formula is C19H17BrN4O3S2. The minimum Gasteiger partial charge on any atom is -0.362 e. The number of hydrogen-bond acceptors (Lipinski definition) is 7. The molecule has 0 unspecified atom stereocenters. The summed E-state index contributed by atoms with van der Waals surface area (Å²) in [7, 11) is -3.74. The summed E-state index contributed by atoms with van der Waals surface area (Å²) in [6, 6.07) is 13.2. The lowest BCUT2D eigenvalue weighted by Crippen LogP contribution is -2.12. The summed E-state index contributed by atoms with van der Waals surface area (Å²) in [6.07, 6.45) is 3.62. The number of nitrogens with zero attached hydrogens (tertiary/aromatic N) is 2. The Morgan fingerprint density at radius 2 is 1.79 bits per heavy atom. The largest absolute Gasteiger partial charge is 0.362 e. The fourth-order valence-corrected chi connectivity index (χ4v) is 4.44. The predicted octanol–water partition coefficient (Wildman–Crippen LogP) is 4.47. The van der Waals surface area contributed by atoms with Gasteiger partial charge in [0, 0.05) is 28.0 Å². The van der Waals surface area contributed by atoms with Gasteiger partial charge in [-0.3, -0.25) is 9.52 Å². The number of carbonyl (C=O) groups excluding carboxylic acids is 1. The van der Waals surface area contributed by atoms with Crippen LogP contribution in [0.25, 0.3) is 0 Å². The standard InChI is InChI=1S/C19H17BrN4O3S2/c1-2-18-22-23-19(28-18)24-29(26,27)16-9-7-15(8-10-16)21-12-11-17(25)13-3-5-14(20)6-4-13/h3-12,21H,2H2,1H3,(H,23,24)/b12-11-. The maximum absolute atomic E-state index is 12.4. The highest BCUT2D eigenvalue weighted by Crippen LogP contribution is 2.21. The van der Waals surface area contributed by atoms with Crippen LogP contribution < -0.4 is 10.0 Å². The lowest BCUT2D eigenvalue weighted by atomic mass is 10.1.